The van der Waals surface area contributed by atoms with Gasteiger partial charge >= 0.3 is 11.9 Å². The maximum absolute atomic E-state index is 10.9. The van der Waals surface area contributed by atoms with Crippen LogP contribution in [-0.2, 0) is 14.3 Å². The molecule has 4 nitrogen and oxygen atoms in total. The number of carbonyl (C=O) groups excluding carboxylic acids is 1. The quantitative estimate of drug-likeness (QED) is 0.415. The minimum atomic E-state index is -1.16. The van der Waals surface area contributed by atoms with Gasteiger partial charge in [0.25, 0.3) is 0 Å². The monoisotopic (exact) mass is 212 g/mol. The number of aliphatic carboxylic acids is 1. The van der Waals surface area contributed by atoms with Crippen LogP contribution in [0.2, 0.25) is 0 Å². The molecular weight excluding hydrogens is 196 g/mol. The van der Waals surface area contributed by atoms with E-state index in [4.69, 9.17) is 9.84 Å². The van der Waals surface area contributed by atoms with Crippen molar-refractivity contribution in [1.82, 2.24) is 0 Å². The lowest BCUT2D eigenvalue weighted by molar-refractivity contribution is -0.137. The SMILES string of the molecule is CCC(=CCOC(=O)/C=C\C(=O)O)CC. The zero-order chi connectivity index (χ0) is 11.7. The van der Waals surface area contributed by atoms with E-state index < -0.39 is 11.9 Å². The molecule has 1 N–H and O–H groups in total. The molecule has 0 saturated carbocycles. The molecule has 4 heteroatoms. The van der Waals surface area contributed by atoms with Crippen molar-refractivity contribution in [1.29, 1.82) is 0 Å². The normalized spacial score (nSPS) is 10.0. The lowest BCUT2D eigenvalue weighted by Crippen LogP contribution is -2.02. The summed E-state index contributed by atoms with van der Waals surface area (Å²) in [6.45, 7) is 4.25. The predicted molar refractivity (Wildman–Crippen MR) is 56.4 cm³/mol. The highest BCUT2D eigenvalue weighted by atomic mass is 16.5. The summed E-state index contributed by atoms with van der Waals surface area (Å²) in [5, 5.41) is 8.25. The van der Waals surface area contributed by atoms with E-state index in [2.05, 4.69) is 0 Å². The first-order valence-electron chi connectivity index (χ1n) is 4.85. The summed E-state index contributed by atoms with van der Waals surface area (Å²) in [6, 6.07) is 0. The highest BCUT2D eigenvalue weighted by molar-refractivity contribution is 5.90. The molecular formula is C11H16O4. The summed E-state index contributed by atoms with van der Waals surface area (Å²) in [5.74, 6) is -1.80. The Balaban J connectivity index is 3.91. The number of hydrogen-bond acceptors (Lipinski definition) is 3. The van der Waals surface area contributed by atoms with E-state index in [0.717, 1.165) is 25.0 Å². The van der Waals surface area contributed by atoms with Crippen LogP contribution in [0.25, 0.3) is 0 Å². The van der Waals surface area contributed by atoms with Gasteiger partial charge in [-0.25, -0.2) is 9.59 Å². The molecule has 0 unspecified atom stereocenters. The van der Waals surface area contributed by atoms with Crippen LogP contribution in [0.1, 0.15) is 26.7 Å². The molecule has 0 spiro atoms. The average molecular weight is 212 g/mol. The first-order valence-corrected chi connectivity index (χ1v) is 4.85. The summed E-state index contributed by atoms with van der Waals surface area (Å²) < 4.78 is 4.76. The second-order valence-corrected chi connectivity index (χ2v) is 2.87. The number of allylic oxidation sites excluding steroid dienone is 1. The summed E-state index contributed by atoms with van der Waals surface area (Å²) >= 11 is 0. The maximum Gasteiger partial charge on any atom is 0.331 e. The Morgan fingerprint density at radius 3 is 2.27 bits per heavy atom. The van der Waals surface area contributed by atoms with Crippen molar-refractivity contribution < 1.29 is 19.4 Å². The summed E-state index contributed by atoms with van der Waals surface area (Å²) in [4.78, 5) is 21.0. The Hall–Kier alpha value is -1.58. The molecule has 0 atom stereocenters. The first-order chi connectivity index (χ1) is 7.10. The van der Waals surface area contributed by atoms with E-state index in [1.165, 1.54) is 5.57 Å². The van der Waals surface area contributed by atoms with Crippen molar-refractivity contribution in [2.45, 2.75) is 26.7 Å². The number of carbonyl (C=O) groups is 2. The van der Waals surface area contributed by atoms with Gasteiger partial charge in [0.15, 0.2) is 0 Å². The molecule has 0 aliphatic rings. The molecule has 0 radical (unpaired) electrons. The third-order valence-corrected chi connectivity index (χ3v) is 1.87. The fraction of sp³-hybridized carbons (Fsp3) is 0.455. The smallest absolute Gasteiger partial charge is 0.331 e. The van der Waals surface area contributed by atoms with Gasteiger partial charge in [-0.2, -0.15) is 0 Å². The van der Waals surface area contributed by atoms with Crippen LogP contribution in [-0.4, -0.2) is 23.7 Å². The third-order valence-electron chi connectivity index (χ3n) is 1.87. The molecule has 84 valence electrons. The van der Waals surface area contributed by atoms with Crippen molar-refractivity contribution in [2.24, 2.45) is 0 Å². The lowest BCUT2D eigenvalue weighted by Gasteiger charge is -2.00. The first kappa shape index (κ1) is 13.4. The van der Waals surface area contributed by atoms with Gasteiger partial charge in [0.05, 0.1) is 0 Å². The largest absolute Gasteiger partial charge is 0.478 e. The van der Waals surface area contributed by atoms with Gasteiger partial charge in [-0.3, -0.25) is 0 Å². The molecule has 0 bridgehead atoms. The molecule has 0 aromatic carbocycles. The standard InChI is InChI=1S/C11H16O4/c1-3-9(4-2)7-8-15-11(14)6-5-10(12)13/h5-7H,3-4,8H2,1-2H3,(H,12,13)/b6-5-. The van der Waals surface area contributed by atoms with Crippen LogP contribution in [0.5, 0.6) is 0 Å². The van der Waals surface area contributed by atoms with E-state index in [-0.39, 0.29) is 6.61 Å². The van der Waals surface area contributed by atoms with Crippen molar-refractivity contribution in [2.75, 3.05) is 6.61 Å². The van der Waals surface area contributed by atoms with Crippen molar-refractivity contribution >= 4 is 11.9 Å². The molecule has 0 rings (SSSR count). The van der Waals surface area contributed by atoms with Crippen LogP contribution in [0.4, 0.5) is 0 Å². The fourth-order valence-corrected chi connectivity index (χ4v) is 0.968. The van der Waals surface area contributed by atoms with E-state index >= 15 is 0 Å². The van der Waals surface area contributed by atoms with Crippen LogP contribution in [0.15, 0.2) is 23.8 Å². The molecule has 0 aromatic rings. The summed E-state index contributed by atoms with van der Waals surface area (Å²) in [5.41, 5.74) is 1.21. The second kappa shape index (κ2) is 7.79. The predicted octanol–water partition coefficient (Wildman–Crippen LogP) is 1.92. The fourth-order valence-electron chi connectivity index (χ4n) is 0.968. The van der Waals surface area contributed by atoms with E-state index in [9.17, 15) is 9.59 Å². The zero-order valence-corrected chi connectivity index (χ0v) is 9.03. The number of carboxylic acids is 1. The zero-order valence-electron chi connectivity index (χ0n) is 9.03. The third kappa shape index (κ3) is 7.49. The van der Waals surface area contributed by atoms with Gasteiger partial charge in [-0.1, -0.05) is 19.4 Å². The van der Waals surface area contributed by atoms with Crippen LogP contribution < -0.4 is 0 Å². The summed E-state index contributed by atoms with van der Waals surface area (Å²) in [6.07, 6.45) is 5.35. The Morgan fingerprint density at radius 1 is 1.20 bits per heavy atom. The maximum atomic E-state index is 10.9. The second-order valence-electron chi connectivity index (χ2n) is 2.87. The number of esters is 1. The van der Waals surface area contributed by atoms with Crippen LogP contribution >= 0.6 is 0 Å². The van der Waals surface area contributed by atoms with E-state index in [0.29, 0.717) is 0 Å². The Labute approximate surface area is 89.2 Å². The average Bonchev–Trinajstić information content (AvgIpc) is 2.21. The van der Waals surface area contributed by atoms with Crippen LogP contribution in [0.3, 0.4) is 0 Å². The number of rotatable bonds is 6. The Bertz CT molecular complexity index is 270. The number of hydrogen-bond donors (Lipinski definition) is 1. The van der Waals surface area contributed by atoms with Gasteiger partial charge in [0.2, 0.25) is 0 Å². The van der Waals surface area contributed by atoms with Crippen molar-refractivity contribution in [3.63, 3.8) is 0 Å². The highest BCUT2D eigenvalue weighted by Gasteiger charge is 1.97. The van der Waals surface area contributed by atoms with Crippen molar-refractivity contribution in [3.05, 3.63) is 23.8 Å². The Morgan fingerprint density at radius 2 is 1.80 bits per heavy atom. The van der Waals surface area contributed by atoms with Gasteiger partial charge in [-0.15, -0.1) is 0 Å². The van der Waals surface area contributed by atoms with Gasteiger partial charge < -0.3 is 9.84 Å². The van der Waals surface area contributed by atoms with Gasteiger partial charge in [0.1, 0.15) is 6.61 Å². The minimum Gasteiger partial charge on any atom is -0.478 e. The van der Waals surface area contributed by atoms with Gasteiger partial charge in [0, 0.05) is 12.2 Å². The topological polar surface area (TPSA) is 63.6 Å². The number of carboxylic acid groups (broad SMARTS) is 1. The Kier molecular flexibility index (Phi) is 6.97. The van der Waals surface area contributed by atoms with E-state index in [1.807, 2.05) is 19.9 Å². The molecule has 0 aromatic heterocycles. The van der Waals surface area contributed by atoms with Gasteiger partial charge in [-0.05, 0) is 18.9 Å². The highest BCUT2D eigenvalue weighted by Crippen LogP contribution is 2.04. The molecule has 15 heavy (non-hydrogen) atoms. The number of ether oxygens (including phenoxy) is 1. The minimum absolute atomic E-state index is 0.194. The van der Waals surface area contributed by atoms with E-state index in [1.54, 1.807) is 0 Å². The molecule has 0 heterocycles. The van der Waals surface area contributed by atoms with Crippen molar-refractivity contribution in [3.8, 4) is 0 Å². The summed E-state index contributed by atoms with van der Waals surface area (Å²) in [7, 11) is 0. The molecule has 0 aliphatic carbocycles. The lowest BCUT2D eigenvalue weighted by atomic mass is 10.1. The molecule has 0 fully saturated rings. The van der Waals surface area contributed by atoms with Crippen LogP contribution in [0, 0.1) is 0 Å². The molecule has 0 amide bonds. The molecule has 0 aliphatic heterocycles. The molecule has 0 saturated heterocycles.